The molecule has 0 atom stereocenters. The van der Waals surface area contributed by atoms with Crippen molar-refractivity contribution < 1.29 is 0 Å². The lowest BCUT2D eigenvalue weighted by molar-refractivity contribution is 0.720. The predicted molar refractivity (Wildman–Crippen MR) is 76.3 cm³/mol. The van der Waals surface area contributed by atoms with Crippen LogP contribution in [-0.2, 0) is 0 Å². The van der Waals surface area contributed by atoms with E-state index >= 15 is 0 Å². The molecule has 2 rings (SSSR count). The van der Waals surface area contributed by atoms with E-state index in [1.807, 2.05) is 12.2 Å². The summed E-state index contributed by atoms with van der Waals surface area (Å²) in [6, 6.07) is 15.1. The molecule has 0 aliphatic heterocycles. The summed E-state index contributed by atoms with van der Waals surface area (Å²) in [5, 5.41) is 2.66. The molecule has 0 saturated heterocycles. The van der Waals surface area contributed by atoms with E-state index in [0.29, 0.717) is 5.92 Å². The van der Waals surface area contributed by atoms with Crippen LogP contribution in [0.1, 0.15) is 24.3 Å². The van der Waals surface area contributed by atoms with Crippen molar-refractivity contribution in [3.05, 3.63) is 73.3 Å². The summed E-state index contributed by atoms with van der Waals surface area (Å²) in [6.07, 6.45) is 5.99. The van der Waals surface area contributed by atoms with Crippen LogP contribution in [0.4, 0.5) is 0 Å². The quantitative estimate of drug-likeness (QED) is 0.619. The van der Waals surface area contributed by atoms with Crippen LogP contribution in [0.25, 0.3) is 10.8 Å². The summed E-state index contributed by atoms with van der Waals surface area (Å²) in [5.74, 6) is 0.496. The first-order valence-corrected chi connectivity index (χ1v) is 6.06. The Morgan fingerprint density at radius 1 is 0.882 bits per heavy atom. The maximum atomic E-state index is 3.85. The Labute approximate surface area is 103 Å². The summed E-state index contributed by atoms with van der Waals surface area (Å²) < 4.78 is 0. The van der Waals surface area contributed by atoms with Crippen molar-refractivity contribution in [1.29, 1.82) is 0 Å². The minimum Gasteiger partial charge on any atom is -0.103 e. The SMILES string of the molecule is C=CCC(CC=C)c1cccc2ccccc12. The lowest BCUT2D eigenvalue weighted by Gasteiger charge is -2.16. The Morgan fingerprint density at radius 3 is 2.24 bits per heavy atom. The van der Waals surface area contributed by atoms with Crippen LogP contribution < -0.4 is 0 Å². The maximum absolute atomic E-state index is 3.85. The third-order valence-corrected chi connectivity index (χ3v) is 3.17. The average molecular weight is 222 g/mol. The van der Waals surface area contributed by atoms with Gasteiger partial charge < -0.3 is 0 Å². The summed E-state index contributed by atoms with van der Waals surface area (Å²) in [5.41, 5.74) is 1.41. The Hall–Kier alpha value is -1.82. The van der Waals surface area contributed by atoms with Crippen LogP contribution in [0.2, 0.25) is 0 Å². The van der Waals surface area contributed by atoms with Gasteiger partial charge in [0.2, 0.25) is 0 Å². The van der Waals surface area contributed by atoms with Crippen molar-refractivity contribution in [3.63, 3.8) is 0 Å². The predicted octanol–water partition coefficient (Wildman–Crippen LogP) is 5.08. The molecular weight excluding hydrogens is 204 g/mol. The zero-order valence-electron chi connectivity index (χ0n) is 10.1. The molecule has 2 aromatic rings. The smallest absolute Gasteiger partial charge is 0.00869 e. The molecule has 0 N–H and O–H groups in total. The molecular formula is C17H18. The number of hydrogen-bond donors (Lipinski definition) is 0. The molecule has 0 bridgehead atoms. The van der Waals surface area contributed by atoms with Gasteiger partial charge in [-0.05, 0) is 35.1 Å². The average Bonchev–Trinajstić information content (AvgIpc) is 2.38. The number of allylic oxidation sites excluding steroid dienone is 2. The summed E-state index contributed by atoms with van der Waals surface area (Å²) in [4.78, 5) is 0. The van der Waals surface area contributed by atoms with Crippen molar-refractivity contribution in [2.75, 3.05) is 0 Å². The van der Waals surface area contributed by atoms with Crippen molar-refractivity contribution in [2.24, 2.45) is 0 Å². The monoisotopic (exact) mass is 222 g/mol. The Bertz CT molecular complexity index is 507. The third kappa shape index (κ3) is 2.47. The number of hydrogen-bond acceptors (Lipinski definition) is 0. The molecule has 0 heterocycles. The van der Waals surface area contributed by atoms with Gasteiger partial charge in [0.05, 0.1) is 0 Å². The molecule has 0 radical (unpaired) electrons. The van der Waals surface area contributed by atoms with E-state index in [4.69, 9.17) is 0 Å². The van der Waals surface area contributed by atoms with E-state index in [9.17, 15) is 0 Å². The summed E-state index contributed by atoms with van der Waals surface area (Å²) in [6.45, 7) is 7.71. The van der Waals surface area contributed by atoms with Crippen molar-refractivity contribution in [2.45, 2.75) is 18.8 Å². The Balaban J connectivity index is 2.51. The molecule has 2 aromatic carbocycles. The first-order chi connectivity index (χ1) is 8.36. The largest absolute Gasteiger partial charge is 0.103 e. The van der Waals surface area contributed by atoms with E-state index in [-0.39, 0.29) is 0 Å². The number of rotatable bonds is 5. The van der Waals surface area contributed by atoms with Crippen LogP contribution >= 0.6 is 0 Å². The highest BCUT2D eigenvalue weighted by atomic mass is 14.1. The molecule has 0 aliphatic carbocycles. The molecule has 0 fully saturated rings. The first kappa shape index (κ1) is 11.7. The third-order valence-electron chi connectivity index (χ3n) is 3.17. The van der Waals surface area contributed by atoms with Gasteiger partial charge in [0.25, 0.3) is 0 Å². The highest BCUT2D eigenvalue weighted by Crippen LogP contribution is 2.30. The van der Waals surface area contributed by atoms with Crippen molar-refractivity contribution in [3.8, 4) is 0 Å². The van der Waals surface area contributed by atoms with Gasteiger partial charge in [-0.3, -0.25) is 0 Å². The fraction of sp³-hybridized carbons (Fsp3) is 0.176. The number of fused-ring (bicyclic) bond motifs is 1. The number of benzene rings is 2. The van der Waals surface area contributed by atoms with Crippen LogP contribution in [-0.4, -0.2) is 0 Å². The first-order valence-electron chi connectivity index (χ1n) is 6.06. The summed E-state index contributed by atoms with van der Waals surface area (Å²) >= 11 is 0. The van der Waals surface area contributed by atoms with Gasteiger partial charge in [-0.25, -0.2) is 0 Å². The van der Waals surface area contributed by atoms with Crippen molar-refractivity contribution in [1.82, 2.24) is 0 Å². The minimum atomic E-state index is 0.496. The van der Waals surface area contributed by atoms with Gasteiger partial charge in [-0.2, -0.15) is 0 Å². The maximum Gasteiger partial charge on any atom is -0.00869 e. The van der Waals surface area contributed by atoms with E-state index in [2.05, 4.69) is 55.6 Å². The zero-order valence-corrected chi connectivity index (χ0v) is 10.1. The van der Waals surface area contributed by atoms with Crippen molar-refractivity contribution >= 4 is 10.8 Å². The van der Waals surface area contributed by atoms with E-state index in [1.54, 1.807) is 0 Å². The second-order valence-corrected chi connectivity index (χ2v) is 4.31. The van der Waals surface area contributed by atoms with Gasteiger partial charge in [0.15, 0.2) is 0 Å². The molecule has 0 aliphatic rings. The van der Waals surface area contributed by atoms with Gasteiger partial charge in [0.1, 0.15) is 0 Å². The normalized spacial score (nSPS) is 10.6. The Morgan fingerprint density at radius 2 is 1.53 bits per heavy atom. The minimum absolute atomic E-state index is 0.496. The van der Waals surface area contributed by atoms with Crippen LogP contribution in [0.3, 0.4) is 0 Å². The zero-order chi connectivity index (χ0) is 12.1. The lowest BCUT2D eigenvalue weighted by atomic mass is 9.89. The van der Waals surface area contributed by atoms with Gasteiger partial charge in [-0.1, -0.05) is 54.6 Å². The summed E-state index contributed by atoms with van der Waals surface area (Å²) in [7, 11) is 0. The Kier molecular flexibility index (Phi) is 3.77. The molecule has 0 amide bonds. The van der Waals surface area contributed by atoms with Gasteiger partial charge in [-0.15, -0.1) is 13.2 Å². The molecule has 86 valence electrons. The topological polar surface area (TPSA) is 0 Å². The highest BCUT2D eigenvalue weighted by molar-refractivity contribution is 5.86. The fourth-order valence-electron chi connectivity index (χ4n) is 2.36. The van der Waals surface area contributed by atoms with Crippen LogP contribution in [0.5, 0.6) is 0 Å². The van der Waals surface area contributed by atoms with E-state index in [0.717, 1.165) is 12.8 Å². The van der Waals surface area contributed by atoms with E-state index < -0.39 is 0 Å². The van der Waals surface area contributed by atoms with Crippen LogP contribution in [0.15, 0.2) is 67.8 Å². The standard InChI is InChI=1S/C17H18/c1-3-8-14(9-4-2)17-13-7-11-15-10-5-6-12-16(15)17/h3-7,10-14H,1-2,8-9H2. The van der Waals surface area contributed by atoms with Gasteiger partial charge >= 0.3 is 0 Å². The molecule has 17 heavy (non-hydrogen) atoms. The lowest BCUT2D eigenvalue weighted by Crippen LogP contribution is -1.97. The molecule has 0 nitrogen and oxygen atoms in total. The van der Waals surface area contributed by atoms with Gasteiger partial charge in [0, 0.05) is 0 Å². The fourth-order valence-corrected chi connectivity index (χ4v) is 2.36. The highest BCUT2D eigenvalue weighted by Gasteiger charge is 2.10. The van der Waals surface area contributed by atoms with Crippen LogP contribution in [0, 0.1) is 0 Å². The molecule has 0 heteroatoms. The molecule has 0 saturated carbocycles. The second-order valence-electron chi connectivity index (χ2n) is 4.31. The molecule has 0 aromatic heterocycles. The second kappa shape index (κ2) is 5.49. The molecule has 0 unspecified atom stereocenters. The molecule has 0 spiro atoms. The van der Waals surface area contributed by atoms with E-state index in [1.165, 1.54) is 16.3 Å².